The first-order valence-electron chi connectivity index (χ1n) is 9.93. The van der Waals surface area contributed by atoms with Crippen LogP contribution in [0.1, 0.15) is 59.7 Å². The molecule has 2 bridgehead atoms. The number of hydrogen-bond donors (Lipinski definition) is 1. The van der Waals surface area contributed by atoms with E-state index in [-0.39, 0.29) is 17.3 Å². The molecule has 1 amide bonds. The van der Waals surface area contributed by atoms with Crippen LogP contribution in [0.2, 0.25) is 0 Å². The van der Waals surface area contributed by atoms with Crippen molar-refractivity contribution < 1.29 is 9.18 Å². The van der Waals surface area contributed by atoms with Crippen molar-refractivity contribution in [3.63, 3.8) is 0 Å². The summed E-state index contributed by atoms with van der Waals surface area (Å²) in [5.74, 6) is 0.909. The van der Waals surface area contributed by atoms with Crippen molar-refractivity contribution in [2.45, 2.75) is 56.0 Å². The second kappa shape index (κ2) is 5.29. The number of nitrogens with one attached hydrogen (secondary N) is 1. The van der Waals surface area contributed by atoms with Crippen molar-refractivity contribution in [2.24, 2.45) is 5.92 Å². The summed E-state index contributed by atoms with van der Waals surface area (Å²) in [7, 11) is 0. The lowest BCUT2D eigenvalue weighted by atomic mass is 9.77. The van der Waals surface area contributed by atoms with Crippen LogP contribution in [0.4, 0.5) is 4.39 Å². The molecule has 7 rings (SSSR count). The summed E-state index contributed by atoms with van der Waals surface area (Å²) in [6.45, 7) is 2.40. The Morgan fingerprint density at radius 3 is 2.65 bits per heavy atom. The lowest BCUT2D eigenvalue weighted by Crippen LogP contribution is -2.65. The average Bonchev–Trinajstić information content (AvgIpc) is 3.57. The molecule has 1 aromatic heterocycles. The number of carbonyl (C=O) groups excluding carboxylic acids is 1. The average molecular weight is 370 g/mol. The van der Waals surface area contributed by atoms with E-state index in [0.29, 0.717) is 17.9 Å². The molecule has 5 fully saturated rings. The van der Waals surface area contributed by atoms with Gasteiger partial charge in [-0.15, -0.1) is 11.3 Å². The monoisotopic (exact) mass is 370 g/mol. The number of benzene rings is 1. The highest BCUT2D eigenvalue weighted by molar-refractivity contribution is 7.21. The van der Waals surface area contributed by atoms with E-state index in [0.717, 1.165) is 33.4 Å². The van der Waals surface area contributed by atoms with Crippen molar-refractivity contribution in [3.8, 4) is 0 Å². The predicted octanol–water partition coefficient (Wildman–Crippen LogP) is 4.27. The van der Waals surface area contributed by atoms with Gasteiger partial charge in [-0.25, -0.2) is 4.39 Å². The number of halogens is 1. The van der Waals surface area contributed by atoms with E-state index in [1.54, 1.807) is 6.07 Å². The van der Waals surface area contributed by atoms with E-state index in [9.17, 15) is 9.18 Å². The molecule has 0 radical (unpaired) electrons. The number of carbonyl (C=O) groups is 1. The predicted molar refractivity (Wildman–Crippen MR) is 101 cm³/mol. The molecule has 26 heavy (non-hydrogen) atoms. The molecule has 1 N–H and O–H groups in total. The van der Waals surface area contributed by atoms with Gasteiger partial charge in [-0.2, -0.15) is 0 Å². The lowest BCUT2D eigenvalue weighted by Gasteiger charge is -2.52. The zero-order chi connectivity index (χ0) is 17.5. The summed E-state index contributed by atoms with van der Waals surface area (Å²) in [6, 6.07) is 5.64. The largest absolute Gasteiger partial charge is 0.346 e. The molecule has 3 nitrogen and oxygen atoms in total. The van der Waals surface area contributed by atoms with Gasteiger partial charge in [0.15, 0.2) is 0 Å². The molecule has 2 aliphatic carbocycles. The Labute approximate surface area is 156 Å². The van der Waals surface area contributed by atoms with E-state index < -0.39 is 0 Å². The zero-order valence-electron chi connectivity index (χ0n) is 14.8. The van der Waals surface area contributed by atoms with Gasteiger partial charge in [-0.1, -0.05) is 6.07 Å². The molecular formula is C21H23FN2OS. The Bertz CT molecular complexity index is 906. The summed E-state index contributed by atoms with van der Waals surface area (Å²) in [4.78, 5) is 16.4. The number of amides is 1. The first-order valence-corrected chi connectivity index (χ1v) is 10.8. The van der Waals surface area contributed by atoms with Crippen LogP contribution in [0.5, 0.6) is 0 Å². The third-order valence-electron chi connectivity index (χ3n) is 7.15. The summed E-state index contributed by atoms with van der Waals surface area (Å²) in [5, 5.41) is 4.41. The van der Waals surface area contributed by atoms with Crippen molar-refractivity contribution in [2.75, 3.05) is 13.1 Å². The fourth-order valence-electron chi connectivity index (χ4n) is 5.50. The number of fused-ring (bicyclic) bond motifs is 3. The molecular weight excluding hydrogens is 347 g/mol. The molecule has 1 aromatic carbocycles. The standard InChI is InChI=1S/C21H23FN2OS/c22-15-4-3-14-11-16(26-18(14)17(15)12-1-2-12)20(25)23-19-13-5-9-24(10-6-13)21(19)7-8-21/h3-4,11-13,19H,1-2,5-10H2,(H,23,25)/t19-/m1/s1. The number of rotatable bonds is 3. The molecule has 2 aromatic rings. The molecule has 2 saturated carbocycles. The SMILES string of the molecule is O=C(N[C@@H]1C2CCN(CC2)C12CC2)c1cc2ccc(F)c(C3CC3)c2s1. The van der Waals surface area contributed by atoms with Crippen molar-refractivity contribution in [3.05, 3.63) is 34.5 Å². The Hall–Kier alpha value is -1.46. The molecule has 3 saturated heterocycles. The van der Waals surface area contributed by atoms with Gasteiger partial charge in [0.05, 0.1) is 10.9 Å². The van der Waals surface area contributed by atoms with E-state index in [4.69, 9.17) is 0 Å². The van der Waals surface area contributed by atoms with Crippen LogP contribution in [0.3, 0.4) is 0 Å². The molecule has 1 atom stereocenters. The van der Waals surface area contributed by atoms with Crippen LogP contribution < -0.4 is 5.32 Å². The first kappa shape index (κ1) is 15.6. The summed E-state index contributed by atoms with van der Waals surface area (Å²) in [6.07, 6.45) is 6.98. The van der Waals surface area contributed by atoms with Gasteiger partial charge in [0, 0.05) is 15.8 Å². The molecule has 3 aliphatic heterocycles. The number of nitrogens with zero attached hydrogens (tertiary/aromatic N) is 1. The maximum Gasteiger partial charge on any atom is 0.261 e. The molecule has 1 spiro atoms. The Morgan fingerprint density at radius 2 is 1.96 bits per heavy atom. The maximum atomic E-state index is 14.3. The summed E-state index contributed by atoms with van der Waals surface area (Å²) in [5.41, 5.74) is 1.09. The maximum absolute atomic E-state index is 14.3. The first-order chi connectivity index (χ1) is 12.7. The fourth-order valence-corrected chi connectivity index (χ4v) is 6.67. The summed E-state index contributed by atoms with van der Waals surface area (Å²) >= 11 is 1.48. The van der Waals surface area contributed by atoms with Crippen LogP contribution in [-0.2, 0) is 0 Å². The topological polar surface area (TPSA) is 32.3 Å². The molecule has 4 heterocycles. The zero-order valence-corrected chi connectivity index (χ0v) is 15.6. The van der Waals surface area contributed by atoms with Gasteiger partial charge in [0.1, 0.15) is 5.82 Å². The van der Waals surface area contributed by atoms with Crippen LogP contribution in [-0.4, -0.2) is 35.5 Å². The Morgan fingerprint density at radius 1 is 1.19 bits per heavy atom. The van der Waals surface area contributed by atoms with E-state index >= 15 is 0 Å². The Balaban J connectivity index is 1.32. The minimum absolute atomic E-state index is 0.0402. The van der Waals surface area contributed by atoms with Crippen LogP contribution in [0.25, 0.3) is 10.1 Å². The molecule has 5 heteroatoms. The van der Waals surface area contributed by atoms with Crippen LogP contribution >= 0.6 is 11.3 Å². The second-order valence-corrected chi connectivity index (χ2v) is 9.70. The number of hydrogen-bond acceptors (Lipinski definition) is 3. The Kier molecular flexibility index (Phi) is 3.17. The van der Waals surface area contributed by atoms with Gasteiger partial charge >= 0.3 is 0 Å². The third-order valence-corrected chi connectivity index (χ3v) is 8.33. The normalized spacial score (nSPS) is 31.5. The quantitative estimate of drug-likeness (QED) is 0.875. The number of piperidine rings is 3. The van der Waals surface area contributed by atoms with Crippen LogP contribution in [0.15, 0.2) is 18.2 Å². The lowest BCUT2D eigenvalue weighted by molar-refractivity contribution is -0.00138. The minimum atomic E-state index is -0.108. The van der Waals surface area contributed by atoms with Gasteiger partial charge in [0.25, 0.3) is 5.91 Å². The highest BCUT2D eigenvalue weighted by Gasteiger charge is 2.60. The van der Waals surface area contributed by atoms with Gasteiger partial charge < -0.3 is 5.32 Å². The van der Waals surface area contributed by atoms with E-state index in [2.05, 4.69) is 10.2 Å². The number of thiophene rings is 1. The van der Waals surface area contributed by atoms with Gasteiger partial charge in [-0.3, -0.25) is 9.69 Å². The third kappa shape index (κ3) is 2.16. The highest BCUT2D eigenvalue weighted by Crippen LogP contribution is 2.54. The van der Waals surface area contributed by atoms with E-state index in [1.165, 1.54) is 50.1 Å². The minimum Gasteiger partial charge on any atom is -0.346 e. The summed E-state index contributed by atoms with van der Waals surface area (Å²) < 4.78 is 15.3. The van der Waals surface area contributed by atoms with Crippen molar-refractivity contribution in [1.29, 1.82) is 0 Å². The van der Waals surface area contributed by atoms with Crippen molar-refractivity contribution >= 4 is 27.3 Å². The van der Waals surface area contributed by atoms with Crippen LogP contribution in [0, 0.1) is 11.7 Å². The molecule has 5 aliphatic rings. The fraction of sp³-hybridized carbons (Fsp3) is 0.571. The molecule has 136 valence electrons. The highest BCUT2D eigenvalue weighted by atomic mass is 32.1. The van der Waals surface area contributed by atoms with Gasteiger partial charge in [-0.05, 0) is 81.0 Å². The van der Waals surface area contributed by atoms with E-state index in [1.807, 2.05) is 12.1 Å². The smallest absolute Gasteiger partial charge is 0.261 e. The molecule has 0 unspecified atom stereocenters. The second-order valence-electron chi connectivity index (χ2n) is 8.64. The van der Waals surface area contributed by atoms with Gasteiger partial charge in [0.2, 0.25) is 0 Å². The van der Waals surface area contributed by atoms with Crippen molar-refractivity contribution in [1.82, 2.24) is 10.2 Å².